The molecule has 0 fully saturated rings. The van der Waals surface area contributed by atoms with Gasteiger partial charge >= 0.3 is 0 Å². The lowest BCUT2D eigenvalue weighted by Gasteiger charge is -2.12. The van der Waals surface area contributed by atoms with Crippen molar-refractivity contribution in [3.8, 4) is 17.6 Å². The number of benzene rings is 2. The Bertz CT molecular complexity index is 813. The normalized spacial score (nSPS) is 12.8. The summed E-state index contributed by atoms with van der Waals surface area (Å²) in [4.78, 5) is 12.2. The summed E-state index contributed by atoms with van der Waals surface area (Å²) in [5, 5.41) is 12.0. The zero-order valence-electron chi connectivity index (χ0n) is 13.5. The Hall–Kier alpha value is -2.71. The van der Waals surface area contributed by atoms with Gasteiger partial charge < -0.3 is 14.8 Å². The van der Waals surface area contributed by atoms with Gasteiger partial charge in [0.25, 0.3) is 0 Å². The maximum absolute atomic E-state index is 12.2. The summed E-state index contributed by atoms with van der Waals surface area (Å²) >= 11 is 6.23. The molecular formula is C19H17ClN2O3. The third-order valence-corrected chi connectivity index (χ3v) is 4.15. The van der Waals surface area contributed by atoms with Crippen molar-refractivity contribution < 1.29 is 14.3 Å². The van der Waals surface area contributed by atoms with E-state index in [0.717, 1.165) is 12.0 Å². The van der Waals surface area contributed by atoms with E-state index in [1.54, 1.807) is 24.3 Å². The van der Waals surface area contributed by atoms with E-state index in [9.17, 15) is 4.79 Å². The number of fused-ring (bicyclic) bond motifs is 1. The number of aryl methyl sites for hydroxylation is 1. The van der Waals surface area contributed by atoms with Gasteiger partial charge in [-0.05, 0) is 24.1 Å². The number of rotatable bonds is 4. The SMILES string of the molecule is N#Cc1ccc(CCC(=O)Nc2cc3c(cc2Cl)OCCCO3)cc1. The summed E-state index contributed by atoms with van der Waals surface area (Å²) in [6.07, 6.45) is 1.70. The fraction of sp³-hybridized carbons (Fsp3) is 0.263. The molecule has 6 heteroatoms. The van der Waals surface area contributed by atoms with Crippen molar-refractivity contribution in [3.63, 3.8) is 0 Å². The molecule has 1 aliphatic rings. The van der Waals surface area contributed by atoms with E-state index < -0.39 is 0 Å². The minimum Gasteiger partial charge on any atom is -0.490 e. The van der Waals surface area contributed by atoms with Crippen molar-refractivity contribution in [3.05, 3.63) is 52.5 Å². The van der Waals surface area contributed by atoms with Gasteiger partial charge in [-0.25, -0.2) is 0 Å². The van der Waals surface area contributed by atoms with Gasteiger partial charge in [0.2, 0.25) is 5.91 Å². The van der Waals surface area contributed by atoms with Crippen molar-refractivity contribution in [1.82, 2.24) is 0 Å². The monoisotopic (exact) mass is 356 g/mol. The number of hydrogen-bond donors (Lipinski definition) is 1. The van der Waals surface area contributed by atoms with Crippen LogP contribution in [-0.2, 0) is 11.2 Å². The van der Waals surface area contributed by atoms with Gasteiger partial charge in [0.1, 0.15) is 0 Å². The van der Waals surface area contributed by atoms with E-state index in [0.29, 0.717) is 53.8 Å². The summed E-state index contributed by atoms with van der Waals surface area (Å²) in [5.74, 6) is 1.04. The summed E-state index contributed by atoms with van der Waals surface area (Å²) in [6.45, 7) is 1.15. The van der Waals surface area contributed by atoms with Crippen LogP contribution in [0.25, 0.3) is 0 Å². The second-order valence-corrected chi connectivity index (χ2v) is 6.09. The average Bonchev–Trinajstić information content (AvgIpc) is 2.85. The fourth-order valence-corrected chi connectivity index (χ4v) is 2.70. The molecule has 0 aliphatic carbocycles. The molecule has 0 bridgehead atoms. The lowest BCUT2D eigenvalue weighted by atomic mass is 10.1. The van der Waals surface area contributed by atoms with Crippen molar-refractivity contribution in [2.75, 3.05) is 18.5 Å². The van der Waals surface area contributed by atoms with Crippen molar-refractivity contribution >= 4 is 23.2 Å². The van der Waals surface area contributed by atoms with E-state index in [2.05, 4.69) is 11.4 Å². The van der Waals surface area contributed by atoms with E-state index in [4.69, 9.17) is 26.3 Å². The number of nitrogens with zero attached hydrogens (tertiary/aromatic N) is 1. The quantitative estimate of drug-likeness (QED) is 0.900. The second-order valence-electron chi connectivity index (χ2n) is 5.69. The standard InChI is InChI=1S/C19H17ClN2O3/c20-15-10-17-18(25-9-1-8-24-17)11-16(15)22-19(23)7-6-13-2-4-14(12-21)5-3-13/h2-5,10-11H,1,6-9H2,(H,22,23). The molecule has 25 heavy (non-hydrogen) atoms. The van der Waals surface area contributed by atoms with E-state index >= 15 is 0 Å². The molecule has 3 rings (SSSR count). The minimum atomic E-state index is -0.138. The van der Waals surface area contributed by atoms with Crippen LogP contribution in [0.3, 0.4) is 0 Å². The van der Waals surface area contributed by atoms with Crippen LogP contribution in [-0.4, -0.2) is 19.1 Å². The Morgan fingerprint density at radius 2 is 1.84 bits per heavy atom. The number of hydrogen-bond acceptors (Lipinski definition) is 4. The van der Waals surface area contributed by atoms with E-state index in [1.807, 2.05) is 12.1 Å². The molecule has 0 aromatic heterocycles. The first-order valence-electron chi connectivity index (χ1n) is 8.04. The summed E-state index contributed by atoms with van der Waals surface area (Å²) in [6, 6.07) is 12.6. The maximum atomic E-state index is 12.2. The molecule has 1 N–H and O–H groups in total. The number of halogens is 1. The lowest BCUT2D eigenvalue weighted by Crippen LogP contribution is -2.13. The van der Waals surface area contributed by atoms with Gasteiger partial charge in [-0.15, -0.1) is 0 Å². The number of ether oxygens (including phenoxy) is 2. The molecule has 2 aromatic rings. The first-order valence-corrected chi connectivity index (χ1v) is 8.41. The van der Waals surface area contributed by atoms with Gasteiger partial charge in [-0.2, -0.15) is 5.26 Å². The predicted molar refractivity (Wildman–Crippen MR) is 95.2 cm³/mol. The first-order chi connectivity index (χ1) is 12.2. The number of carbonyl (C=O) groups is 1. The topological polar surface area (TPSA) is 71.4 Å². The molecule has 0 unspecified atom stereocenters. The molecule has 1 aliphatic heterocycles. The largest absolute Gasteiger partial charge is 0.490 e. The van der Waals surface area contributed by atoms with Crippen LogP contribution in [0.4, 0.5) is 5.69 Å². The Morgan fingerprint density at radius 1 is 1.16 bits per heavy atom. The number of carbonyl (C=O) groups excluding carboxylic acids is 1. The lowest BCUT2D eigenvalue weighted by molar-refractivity contribution is -0.116. The maximum Gasteiger partial charge on any atom is 0.224 e. The molecule has 0 saturated heterocycles. The van der Waals surface area contributed by atoms with Crippen LogP contribution >= 0.6 is 11.6 Å². The molecule has 0 spiro atoms. The highest BCUT2D eigenvalue weighted by Crippen LogP contribution is 2.37. The molecule has 2 aromatic carbocycles. The highest BCUT2D eigenvalue weighted by atomic mass is 35.5. The van der Waals surface area contributed by atoms with Crippen LogP contribution in [0, 0.1) is 11.3 Å². The van der Waals surface area contributed by atoms with Crippen LogP contribution in [0.15, 0.2) is 36.4 Å². The summed E-state index contributed by atoms with van der Waals surface area (Å²) in [7, 11) is 0. The Kier molecular flexibility index (Phi) is 5.42. The van der Waals surface area contributed by atoms with Gasteiger partial charge in [-0.3, -0.25) is 4.79 Å². The third-order valence-electron chi connectivity index (χ3n) is 3.84. The molecule has 128 valence electrons. The second kappa shape index (κ2) is 7.91. The Balaban J connectivity index is 1.62. The molecule has 1 amide bonds. The van der Waals surface area contributed by atoms with Crippen LogP contribution < -0.4 is 14.8 Å². The Morgan fingerprint density at radius 3 is 2.52 bits per heavy atom. The zero-order valence-corrected chi connectivity index (χ0v) is 14.3. The van der Waals surface area contributed by atoms with Gasteiger partial charge in [-0.1, -0.05) is 23.7 Å². The van der Waals surface area contributed by atoms with Crippen molar-refractivity contribution in [2.24, 2.45) is 0 Å². The summed E-state index contributed by atoms with van der Waals surface area (Å²) < 4.78 is 11.2. The number of amides is 1. The zero-order chi connectivity index (χ0) is 17.6. The molecular weight excluding hydrogens is 340 g/mol. The van der Waals surface area contributed by atoms with Gasteiger partial charge in [0, 0.05) is 25.0 Å². The fourth-order valence-electron chi connectivity index (χ4n) is 2.50. The van der Waals surface area contributed by atoms with Crippen molar-refractivity contribution in [2.45, 2.75) is 19.3 Å². The predicted octanol–water partition coefficient (Wildman–Crippen LogP) is 3.94. The van der Waals surface area contributed by atoms with Gasteiger partial charge in [0.05, 0.1) is 35.6 Å². The average molecular weight is 357 g/mol. The summed E-state index contributed by atoms with van der Waals surface area (Å²) in [5.41, 5.74) is 2.11. The van der Waals surface area contributed by atoms with Crippen LogP contribution in [0.2, 0.25) is 5.02 Å². The highest BCUT2D eigenvalue weighted by Gasteiger charge is 2.15. The van der Waals surface area contributed by atoms with Crippen molar-refractivity contribution in [1.29, 1.82) is 5.26 Å². The molecule has 0 atom stereocenters. The van der Waals surface area contributed by atoms with E-state index in [1.165, 1.54) is 0 Å². The molecule has 0 radical (unpaired) electrons. The number of nitrogens with one attached hydrogen (secondary N) is 1. The Labute approximate surface area is 151 Å². The smallest absolute Gasteiger partial charge is 0.224 e. The van der Waals surface area contributed by atoms with Gasteiger partial charge in [0.15, 0.2) is 11.5 Å². The van der Waals surface area contributed by atoms with Crippen LogP contribution in [0.5, 0.6) is 11.5 Å². The minimum absolute atomic E-state index is 0.138. The molecule has 5 nitrogen and oxygen atoms in total. The first kappa shape index (κ1) is 17.1. The number of anilines is 1. The highest BCUT2D eigenvalue weighted by molar-refractivity contribution is 6.34. The third kappa shape index (κ3) is 4.43. The van der Waals surface area contributed by atoms with Crippen LogP contribution in [0.1, 0.15) is 24.0 Å². The van der Waals surface area contributed by atoms with E-state index in [-0.39, 0.29) is 5.91 Å². The molecule has 1 heterocycles. The molecule has 0 saturated carbocycles. The number of nitriles is 1.